The maximum atomic E-state index is 11.5. The van der Waals surface area contributed by atoms with Crippen LogP contribution in [0.3, 0.4) is 0 Å². The Morgan fingerprint density at radius 3 is 2.39 bits per heavy atom. The van der Waals surface area contributed by atoms with Gasteiger partial charge >= 0.3 is 12.0 Å². The smallest absolute Gasteiger partial charge is 0.315 e. The molecule has 1 saturated carbocycles. The van der Waals surface area contributed by atoms with Crippen LogP contribution in [-0.4, -0.2) is 29.7 Å². The van der Waals surface area contributed by atoms with Crippen LogP contribution in [0.2, 0.25) is 0 Å². The molecule has 1 fully saturated rings. The first kappa shape index (κ1) is 14.8. The van der Waals surface area contributed by atoms with Crippen molar-refractivity contribution in [3.63, 3.8) is 0 Å². The van der Waals surface area contributed by atoms with Crippen LogP contribution in [0.4, 0.5) is 4.79 Å². The Labute approximate surface area is 108 Å². The summed E-state index contributed by atoms with van der Waals surface area (Å²) in [4.78, 5) is 21.8. The molecule has 5 heteroatoms. The van der Waals surface area contributed by atoms with Gasteiger partial charge in [0, 0.05) is 19.0 Å². The normalized spacial score (nSPS) is 15.6. The lowest BCUT2D eigenvalue weighted by molar-refractivity contribution is -0.137. The first-order chi connectivity index (χ1) is 8.68. The van der Waals surface area contributed by atoms with E-state index in [2.05, 4.69) is 10.6 Å². The fourth-order valence-electron chi connectivity index (χ4n) is 2.26. The number of hydrogen-bond acceptors (Lipinski definition) is 2. The molecule has 0 saturated heterocycles. The van der Waals surface area contributed by atoms with E-state index < -0.39 is 5.97 Å². The van der Waals surface area contributed by atoms with Gasteiger partial charge in [-0.05, 0) is 25.7 Å². The van der Waals surface area contributed by atoms with Crippen molar-refractivity contribution in [1.29, 1.82) is 0 Å². The Hall–Kier alpha value is -1.26. The summed E-state index contributed by atoms with van der Waals surface area (Å²) in [7, 11) is 0. The molecule has 5 nitrogen and oxygen atoms in total. The van der Waals surface area contributed by atoms with Gasteiger partial charge in [-0.3, -0.25) is 4.79 Å². The molecular weight excluding hydrogens is 232 g/mol. The number of hydrogen-bond donors (Lipinski definition) is 3. The van der Waals surface area contributed by atoms with Crippen LogP contribution in [0.1, 0.15) is 57.8 Å². The van der Waals surface area contributed by atoms with E-state index in [1.807, 2.05) is 0 Å². The maximum Gasteiger partial charge on any atom is 0.315 e. The van der Waals surface area contributed by atoms with Crippen molar-refractivity contribution >= 4 is 12.0 Å². The van der Waals surface area contributed by atoms with E-state index in [9.17, 15) is 9.59 Å². The van der Waals surface area contributed by atoms with E-state index in [4.69, 9.17) is 5.11 Å². The quantitative estimate of drug-likeness (QED) is 0.583. The van der Waals surface area contributed by atoms with Crippen molar-refractivity contribution in [1.82, 2.24) is 10.6 Å². The fourth-order valence-corrected chi connectivity index (χ4v) is 2.26. The lowest BCUT2D eigenvalue weighted by atomic mass is 10.1. The minimum Gasteiger partial charge on any atom is -0.481 e. The van der Waals surface area contributed by atoms with E-state index in [-0.39, 0.29) is 12.5 Å². The minimum absolute atomic E-state index is 0.0626. The summed E-state index contributed by atoms with van der Waals surface area (Å²) in [5, 5.41) is 14.3. The van der Waals surface area contributed by atoms with Crippen LogP contribution in [0.15, 0.2) is 0 Å². The van der Waals surface area contributed by atoms with E-state index in [1.165, 1.54) is 12.8 Å². The number of carboxylic acids is 1. The van der Waals surface area contributed by atoms with Crippen LogP contribution in [0.5, 0.6) is 0 Å². The molecule has 0 atom stereocenters. The van der Waals surface area contributed by atoms with Crippen molar-refractivity contribution in [2.75, 3.05) is 6.54 Å². The number of unbranched alkanes of at least 4 members (excludes halogenated alkanes) is 3. The van der Waals surface area contributed by atoms with Gasteiger partial charge in [0.25, 0.3) is 0 Å². The summed E-state index contributed by atoms with van der Waals surface area (Å²) in [5.41, 5.74) is 0. The van der Waals surface area contributed by atoms with Crippen LogP contribution >= 0.6 is 0 Å². The SMILES string of the molecule is O=C(O)CCCCCCNC(=O)NC1CCCC1. The molecule has 0 unspecified atom stereocenters. The van der Waals surface area contributed by atoms with Crippen LogP contribution in [-0.2, 0) is 4.79 Å². The third-order valence-electron chi connectivity index (χ3n) is 3.29. The van der Waals surface area contributed by atoms with Crippen molar-refractivity contribution in [3.05, 3.63) is 0 Å². The molecule has 0 aliphatic heterocycles. The summed E-state index contributed by atoms with van der Waals surface area (Å²) in [6, 6.07) is 0.299. The number of carbonyl (C=O) groups is 2. The predicted molar refractivity (Wildman–Crippen MR) is 69.5 cm³/mol. The second-order valence-corrected chi connectivity index (χ2v) is 4.94. The highest BCUT2D eigenvalue weighted by molar-refractivity contribution is 5.74. The van der Waals surface area contributed by atoms with Gasteiger partial charge in [0.15, 0.2) is 0 Å². The van der Waals surface area contributed by atoms with Gasteiger partial charge < -0.3 is 15.7 Å². The number of rotatable bonds is 8. The van der Waals surface area contributed by atoms with Crippen LogP contribution in [0, 0.1) is 0 Å². The number of carbonyl (C=O) groups excluding carboxylic acids is 1. The highest BCUT2D eigenvalue weighted by Gasteiger charge is 2.16. The van der Waals surface area contributed by atoms with Crippen molar-refractivity contribution in [3.8, 4) is 0 Å². The molecular formula is C13H24N2O3. The number of nitrogens with one attached hydrogen (secondary N) is 2. The highest BCUT2D eigenvalue weighted by Crippen LogP contribution is 2.17. The molecule has 3 N–H and O–H groups in total. The average Bonchev–Trinajstić information content (AvgIpc) is 2.80. The minimum atomic E-state index is -0.732. The van der Waals surface area contributed by atoms with Gasteiger partial charge in [-0.2, -0.15) is 0 Å². The third kappa shape index (κ3) is 7.14. The standard InChI is InChI=1S/C13H24N2O3/c16-12(17)9-3-1-2-6-10-14-13(18)15-11-7-4-5-8-11/h11H,1-10H2,(H,16,17)(H2,14,15,18). The molecule has 0 spiro atoms. The number of aliphatic carboxylic acids is 1. The van der Waals surface area contributed by atoms with E-state index in [0.29, 0.717) is 12.6 Å². The Morgan fingerprint density at radius 1 is 1.06 bits per heavy atom. The van der Waals surface area contributed by atoms with Crippen LogP contribution < -0.4 is 10.6 Å². The zero-order valence-electron chi connectivity index (χ0n) is 10.9. The predicted octanol–water partition coefficient (Wildman–Crippen LogP) is 2.26. The Kier molecular flexibility index (Phi) is 7.22. The summed E-state index contributed by atoms with van der Waals surface area (Å²) < 4.78 is 0. The Morgan fingerprint density at radius 2 is 1.72 bits per heavy atom. The van der Waals surface area contributed by atoms with E-state index >= 15 is 0 Å². The molecule has 0 radical (unpaired) electrons. The van der Waals surface area contributed by atoms with Gasteiger partial charge in [-0.15, -0.1) is 0 Å². The second-order valence-electron chi connectivity index (χ2n) is 4.94. The van der Waals surface area contributed by atoms with Gasteiger partial charge in [-0.25, -0.2) is 4.79 Å². The number of amides is 2. The average molecular weight is 256 g/mol. The summed E-state index contributed by atoms with van der Waals surface area (Å²) >= 11 is 0. The molecule has 0 heterocycles. The topological polar surface area (TPSA) is 78.4 Å². The molecule has 0 aromatic heterocycles. The summed E-state index contributed by atoms with van der Waals surface area (Å²) in [6.07, 6.45) is 8.40. The lowest BCUT2D eigenvalue weighted by Crippen LogP contribution is -2.41. The largest absolute Gasteiger partial charge is 0.481 e. The number of urea groups is 1. The molecule has 0 aromatic carbocycles. The zero-order chi connectivity index (χ0) is 13.2. The first-order valence-electron chi connectivity index (χ1n) is 6.94. The molecule has 104 valence electrons. The summed E-state index contributed by atoms with van der Waals surface area (Å²) in [6.45, 7) is 0.672. The van der Waals surface area contributed by atoms with Crippen molar-refractivity contribution in [2.24, 2.45) is 0 Å². The molecule has 18 heavy (non-hydrogen) atoms. The third-order valence-corrected chi connectivity index (χ3v) is 3.29. The maximum absolute atomic E-state index is 11.5. The van der Waals surface area contributed by atoms with Crippen molar-refractivity contribution < 1.29 is 14.7 Å². The molecule has 2 amide bonds. The van der Waals surface area contributed by atoms with Gasteiger partial charge in [0.1, 0.15) is 0 Å². The van der Waals surface area contributed by atoms with E-state index in [1.54, 1.807) is 0 Å². The molecule has 1 rings (SSSR count). The van der Waals surface area contributed by atoms with Crippen molar-refractivity contribution in [2.45, 2.75) is 63.8 Å². The fraction of sp³-hybridized carbons (Fsp3) is 0.846. The van der Waals surface area contributed by atoms with E-state index in [0.717, 1.165) is 38.5 Å². The monoisotopic (exact) mass is 256 g/mol. The number of carboxylic acid groups (broad SMARTS) is 1. The molecule has 0 aromatic rings. The Balaban J connectivity index is 1.87. The molecule has 1 aliphatic rings. The lowest BCUT2D eigenvalue weighted by Gasteiger charge is -2.12. The zero-order valence-corrected chi connectivity index (χ0v) is 10.9. The van der Waals surface area contributed by atoms with Gasteiger partial charge in [0.05, 0.1) is 0 Å². The van der Waals surface area contributed by atoms with Gasteiger partial charge in [-0.1, -0.05) is 25.7 Å². The highest BCUT2D eigenvalue weighted by atomic mass is 16.4. The van der Waals surface area contributed by atoms with Crippen LogP contribution in [0.25, 0.3) is 0 Å². The first-order valence-corrected chi connectivity index (χ1v) is 6.94. The Bertz CT molecular complexity index is 263. The molecule has 1 aliphatic carbocycles. The van der Waals surface area contributed by atoms with Gasteiger partial charge in [0.2, 0.25) is 0 Å². The molecule has 0 bridgehead atoms. The summed E-state index contributed by atoms with van der Waals surface area (Å²) in [5.74, 6) is -0.732. The second kappa shape index (κ2) is 8.78.